The lowest BCUT2D eigenvalue weighted by atomic mass is 9.92. The molecule has 1 fully saturated rings. The molecular weight excluding hydrogens is 186 g/mol. The van der Waals surface area contributed by atoms with Gasteiger partial charge < -0.3 is 10.4 Å². The van der Waals surface area contributed by atoms with Crippen LogP contribution in [0.25, 0.3) is 0 Å². The zero-order valence-corrected chi connectivity index (χ0v) is 10.8. The number of rotatable bonds is 7. The second kappa shape index (κ2) is 4.84. The molecule has 1 rings (SSSR count). The second-order valence-corrected chi connectivity index (χ2v) is 5.87. The Kier molecular flexibility index (Phi) is 4.19. The summed E-state index contributed by atoms with van der Waals surface area (Å²) >= 11 is 0. The quantitative estimate of drug-likeness (QED) is 0.681. The van der Waals surface area contributed by atoms with Gasteiger partial charge in [0.25, 0.3) is 0 Å². The van der Waals surface area contributed by atoms with Gasteiger partial charge in [-0.05, 0) is 37.5 Å². The molecule has 1 saturated carbocycles. The lowest BCUT2D eigenvalue weighted by molar-refractivity contribution is 0.0132. The molecule has 0 spiro atoms. The summed E-state index contributed by atoms with van der Waals surface area (Å²) < 4.78 is 0. The second-order valence-electron chi connectivity index (χ2n) is 5.87. The fourth-order valence-electron chi connectivity index (χ4n) is 2.01. The van der Waals surface area contributed by atoms with Crippen molar-refractivity contribution in [2.45, 2.75) is 59.0 Å². The average molecular weight is 213 g/mol. The van der Waals surface area contributed by atoms with Crippen LogP contribution in [-0.2, 0) is 0 Å². The minimum atomic E-state index is -0.567. The van der Waals surface area contributed by atoms with E-state index in [0.717, 1.165) is 13.1 Å². The molecule has 0 aromatic heterocycles. The van der Waals surface area contributed by atoms with Gasteiger partial charge in [0.15, 0.2) is 0 Å². The van der Waals surface area contributed by atoms with Gasteiger partial charge in [0, 0.05) is 13.1 Å². The van der Waals surface area contributed by atoms with Crippen LogP contribution in [0.15, 0.2) is 0 Å². The zero-order valence-electron chi connectivity index (χ0n) is 10.8. The van der Waals surface area contributed by atoms with Gasteiger partial charge in [-0.3, -0.25) is 0 Å². The number of nitrogens with one attached hydrogen (secondary N) is 1. The summed E-state index contributed by atoms with van der Waals surface area (Å²) in [5.41, 5.74) is 0.0180. The minimum Gasteiger partial charge on any atom is -0.389 e. The summed E-state index contributed by atoms with van der Waals surface area (Å²) in [5.74, 6) is 0.311. The monoisotopic (exact) mass is 213 g/mol. The molecule has 0 aromatic rings. The first-order chi connectivity index (χ1) is 6.92. The maximum Gasteiger partial charge on any atom is 0.0766 e. The summed E-state index contributed by atoms with van der Waals surface area (Å²) in [6, 6.07) is 0. The van der Waals surface area contributed by atoms with Crippen LogP contribution in [-0.4, -0.2) is 23.8 Å². The predicted molar refractivity (Wildman–Crippen MR) is 64.9 cm³/mol. The van der Waals surface area contributed by atoms with Crippen molar-refractivity contribution in [2.75, 3.05) is 13.1 Å². The Morgan fingerprint density at radius 2 is 2.00 bits per heavy atom. The Balaban J connectivity index is 2.21. The molecule has 0 heterocycles. The highest BCUT2D eigenvalue weighted by Gasteiger charge is 2.41. The molecule has 15 heavy (non-hydrogen) atoms. The highest BCUT2D eigenvalue weighted by atomic mass is 16.3. The molecule has 0 aromatic carbocycles. The van der Waals surface area contributed by atoms with E-state index in [0.29, 0.717) is 11.3 Å². The maximum absolute atomic E-state index is 10.1. The first-order valence-corrected chi connectivity index (χ1v) is 6.35. The highest BCUT2D eigenvalue weighted by molar-refractivity contribution is 4.95. The Bertz CT molecular complexity index is 195. The van der Waals surface area contributed by atoms with E-state index in [-0.39, 0.29) is 0 Å². The Morgan fingerprint density at radius 3 is 2.40 bits per heavy atom. The average Bonchev–Trinajstić information content (AvgIpc) is 2.85. The third-order valence-corrected chi connectivity index (χ3v) is 3.96. The van der Waals surface area contributed by atoms with Crippen molar-refractivity contribution >= 4 is 0 Å². The molecule has 0 bridgehead atoms. The predicted octanol–water partition coefficient (Wildman–Crippen LogP) is 2.56. The van der Waals surface area contributed by atoms with Crippen molar-refractivity contribution in [1.82, 2.24) is 5.32 Å². The lowest BCUT2D eigenvalue weighted by Crippen LogP contribution is -2.43. The first kappa shape index (κ1) is 13.0. The largest absolute Gasteiger partial charge is 0.389 e. The fourth-order valence-corrected chi connectivity index (χ4v) is 2.01. The van der Waals surface area contributed by atoms with E-state index in [4.69, 9.17) is 0 Å². The Morgan fingerprint density at radius 1 is 1.40 bits per heavy atom. The molecule has 2 nitrogen and oxygen atoms in total. The van der Waals surface area contributed by atoms with Gasteiger partial charge >= 0.3 is 0 Å². The fraction of sp³-hybridized carbons (Fsp3) is 1.00. The van der Waals surface area contributed by atoms with Gasteiger partial charge in [0.2, 0.25) is 0 Å². The van der Waals surface area contributed by atoms with Gasteiger partial charge in [-0.25, -0.2) is 0 Å². The lowest BCUT2D eigenvalue weighted by Gasteiger charge is -2.29. The van der Waals surface area contributed by atoms with Crippen molar-refractivity contribution in [1.29, 1.82) is 0 Å². The number of hydrogen-bond acceptors (Lipinski definition) is 2. The smallest absolute Gasteiger partial charge is 0.0766 e. The van der Waals surface area contributed by atoms with Crippen molar-refractivity contribution in [2.24, 2.45) is 11.3 Å². The molecule has 2 heteroatoms. The molecule has 0 amide bonds. The van der Waals surface area contributed by atoms with Crippen molar-refractivity contribution in [3.8, 4) is 0 Å². The van der Waals surface area contributed by atoms with Gasteiger partial charge in [0.05, 0.1) is 5.60 Å². The minimum absolute atomic E-state index is 0.311. The topological polar surface area (TPSA) is 32.3 Å². The van der Waals surface area contributed by atoms with E-state index >= 15 is 0 Å². The van der Waals surface area contributed by atoms with Crippen molar-refractivity contribution < 1.29 is 5.11 Å². The molecule has 0 aliphatic heterocycles. The SMILES string of the molecule is CCCC1(CNCC(C)(O)C(C)C)CC1. The van der Waals surface area contributed by atoms with E-state index in [1.54, 1.807) is 0 Å². The molecule has 0 saturated heterocycles. The van der Waals surface area contributed by atoms with Gasteiger partial charge in [-0.2, -0.15) is 0 Å². The molecule has 0 radical (unpaired) electrons. The summed E-state index contributed by atoms with van der Waals surface area (Å²) in [7, 11) is 0. The first-order valence-electron chi connectivity index (χ1n) is 6.35. The van der Waals surface area contributed by atoms with Crippen molar-refractivity contribution in [3.05, 3.63) is 0 Å². The third-order valence-electron chi connectivity index (χ3n) is 3.96. The molecule has 1 aliphatic carbocycles. The van der Waals surface area contributed by atoms with E-state index < -0.39 is 5.60 Å². The van der Waals surface area contributed by atoms with E-state index in [9.17, 15) is 5.11 Å². The third kappa shape index (κ3) is 3.76. The van der Waals surface area contributed by atoms with E-state index in [1.165, 1.54) is 25.7 Å². The molecule has 1 aliphatic rings. The molecule has 90 valence electrons. The van der Waals surface area contributed by atoms with Crippen LogP contribution < -0.4 is 5.32 Å². The Hall–Kier alpha value is -0.0800. The summed E-state index contributed by atoms with van der Waals surface area (Å²) in [5, 5.41) is 13.5. The van der Waals surface area contributed by atoms with Crippen LogP contribution >= 0.6 is 0 Å². The van der Waals surface area contributed by atoms with E-state index in [2.05, 4.69) is 26.1 Å². The number of hydrogen-bond donors (Lipinski definition) is 2. The van der Waals surface area contributed by atoms with Crippen LogP contribution in [0.4, 0.5) is 0 Å². The van der Waals surface area contributed by atoms with Gasteiger partial charge in [-0.15, -0.1) is 0 Å². The van der Waals surface area contributed by atoms with Gasteiger partial charge in [0.1, 0.15) is 0 Å². The van der Waals surface area contributed by atoms with Crippen LogP contribution in [0.3, 0.4) is 0 Å². The van der Waals surface area contributed by atoms with Crippen LogP contribution in [0, 0.1) is 11.3 Å². The van der Waals surface area contributed by atoms with E-state index in [1.807, 2.05) is 6.92 Å². The highest BCUT2D eigenvalue weighted by Crippen LogP contribution is 2.48. The van der Waals surface area contributed by atoms with Gasteiger partial charge in [-0.1, -0.05) is 27.2 Å². The van der Waals surface area contributed by atoms with Crippen LogP contribution in [0.2, 0.25) is 0 Å². The molecular formula is C13H27NO. The normalized spacial score (nSPS) is 22.8. The zero-order chi connectivity index (χ0) is 11.5. The van der Waals surface area contributed by atoms with Crippen LogP contribution in [0.1, 0.15) is 53.4 Å². The molecule has 1 unspecified atom stereocenters. The molecule has 1 atom stereocenters. The standard InChI is InChI=1S/C13H27NO/c1-5-6-13(7-8-13)10-14-9-12(4,15)11(2)3/h11,14-15H,5-10H2,1-4H3. The summed E-state index contributed by atoms with van der Waals surface area (Å²) in [4.78, 5) is 0. The Labute approximate surface area is 94.5 Å². The molecule has 2 N–H and O–H groups in total. The summed E-state index contributed by atoms with van der Waals surface area (Å²) in [6.45, 7) is 10.1. The summed E-state index contributed by atoms with van der Waals surface area (Å²) in [6.07, 6.45) is 5.36. The number of aliphatic hydroxyl groups is 1. The van der Waals surface area contributed by atoms with Crippen LogP contribution in [0.5, 0.6) is 0 Å². The van der Waals surface area contributed by atoms with Crippen molar-refractivity contribution in [3.63, 3.8) is 0 Å². The maximum atomic E-state index is 10.1.